The monoisotopic (exact) mass is 292 g/mol. The number of aliphatic hydroxyl groups is 1. The lowest BCUT2D eigenvalue weighted by molar-refractivity contribution is -0.146. The number of aliphatic carboxylic acids is 1. The summed E-state index contributed by atoms with van der Waals surface area (Å²) < 4.78 is 0.650. The number of carboxylic acids is 1. The Morgan fingerprint density at radius 1 is 1.39 bits per heavy atom. The second-order valence-corrected chi connectivity index (χ2v) is 5.26. The summed E-state index contributed by atoms with van der Waals surface area (Å²) in [5.74, 6) is -1.30. The number of thiophene rings is 1. The first-order valence-corrected chi connectivity index (χ1v) is 6.35. The number of rotatable bonds is 6. The molecule has 0 saturated heterocycles. The van der Waals surface area contributed by atoms with Crippen LogP contribution < -0.4 is 10.6 Å². The van der Waals surface area contributed by atoms with E-state index < -0.39 is 18.1 Å². The van der Waals surface area contributed by atoms with Crippen molar-refractivity contribution in [3.05, 3.63) is 21.3 Å². The Labute approximate surface area is 113 Å². The molecule has 6 nitrogen and oxygen atoms in total. The van der Waals surface area contributed by atoms with E-state index in [2.05, 4.69) is 10.6 Å². The van der Waals surface area contributed by atoms with Crippen molar-refractivity contribution in [2.75, 3.05) is 6.54 Å². The van der Waals surface area contributed by atoms with Crippen molar-refractivity contribution in [1.82, 2.24) is 10.6 Å². The van der Waals surface area contributed by atoms with Gasteiger partial charge in [0.25, 0.3) is 0 Å². The average Bonchev–Trinajstić information content (AvgIpc) is 2.72. The van der Waals surface area contributed by atoms with Crippen LogP contribution in [0, 0.1) is 0 Å². The zero-order valence-electron chi connectivity index (χ0n) is 9.35. The minimum Gasteiger partial charge on any atom is -0.479 e. The maximum atomic E-state index is 11.3. The van der Waals surface area contributed by atoms with E-state index in [1.165, 1.54) is 11.3 Å². The molecule has 1 heterocycles. The quantitative estimate of drug-likeness (QED) is 0.629. The molecule has 1 aromatic heterocycles. The van der Waals surface area contributed by atoms with Crippen LogP contribution in [0.2, 0.25) is 4.34 Å². The molecule has 1 rings (SSSR count). The lowest BCUT2D eigenvalue weighted by atomic mass is 10.2. The summed E-state index contributed by atoms with van der Waals surface area (Å²) in [7, 11) is 0. The molecule has 0 fully saturated rings. The molecule has 0 radical (unpaired) electrons. The third kappa shape index (κ3) is 5.35. The highest BCUT2D eigenvalue weighted by Crippen LogP contribution is 2.20. The first-order chi connectivity index (χ1) is 8.49. The summed E-state index contributed by atoms with van der Waals surface area (Å²) >= 11 is 7.10. The predicted octanol–water partition coefficient (Wildman–Crippen LogP) is 1.04. The molecule has 0 aromatic carbocycles. The first kappa shape index (κ1) is 14.7. The third-order valence-corrected chi connectivity index (χ3v) is 3.27. The number of aliphatic hydroxyl groups excluding tert-OH is 1. The summed E-state index contributed by atoms with van der Waals surface area (Å²) in [6.07, 6.45) is -1.49. The second kappa shape index (κ2) is 7.20. The Morgan fingerprint density at radius 2 is 2.11 bits per heavy atom. The Kier molecular flexibility index (Phi) is 5.90. The van der Waals surface area contributed by atoms with Gasteiger partial charge in [-0.3, -0.25) is 0 Å². The van der Waals surface area contributed by atoms with E-state index in [-0.39, 0.29) is 13.0 Å². The minimum absolute atomic E-state index is 0.0341. The zero-order valence-corrected chi connectivity index (χ0v) is 10.9. The van der Waals surface area contributed by atoms with Crippen LogP contribution >= 0.6 is 22.9 Å². The topological polar surface area (TPSA) is 98.7 Å². The Morgan fingerprint density at radius 3 is 2.67 bits per heavy atom. The highest BCUT2D eigenvalue weighted by Gasteiger charge is 2.12. The van der Waals surface area contributed by atoms with Crippen LogP contribution in [0.15, 0.2) is 12.1 Å². The van der Waals surface area contributed by atoms with Gasteiger partial charge in [0.1, 0.15) is 0 Å². The molecule has 0 aliphatic carbocycles. The lowest BCUT2D eigenvalue weighted by Gasteiger charge is -2.08. The predicted molar refractivity (Wildman–Crippen MR) is 67.8 cm³/mol. The van der Waals surface area contributed by atoms with Crippen LogP contribution in [0.5, 0.6) is 0 Å². The fraction of sp³-hybridized carbons (Fsp3) is 0.400. The van der Waals surface area contributed by atoms with Gasteiger partial charge in [0.2, 0.25) is 0 Å². The fourth-order valence-electron chi connectivity index (χ4n) is 1.12. The number of hydrogen-bond acceptors (Lipinski definition) is 4. The molecule has 0 aliphatic rings. The van der Waals surface area contributed by atoms with Gasteiger partial charge in [-0.1, -0.05) is 11.6 Å². The van der Waals surface area contributed by atoms with E-state index in [0.29, 0.717) is 10.9 Å². The number of urea groups is 1. The number of nitrogens with one attached hydrogen (secondary N) is 2. The van der Waals surface area contributed by atoms with E-state index in [4.69, 9.17) is 21.8 Å². The number of hydrogen-bond donors (Lipinski definition) is 4. The fourth-order valence-corrected chi connectivity index (χ4v) is 2.15. The molecule has 0 unspecified atom stereocenters. The van der Waals surface area contributed by atoms with Crippen LogP contribution in [0.3, 0.4) is 0 Å². The van der Waals surface area contributed by atoms with Crippen molar-refractivity contribution in [3.63, 3.8) is 0 Å². The molecule has 0 aliphatic heterocycles. The highest BCUT2D eigenvalue weighted by molar-refractivity contribution is 7.16. The van der Waals surface area contributed by atoms with Gasteiger partial charge in [-0.05, 0) is 12.1 Å². The van der Waals surface area contributed by atoms with Crippen LogP contribution in [0.25, 0.3) is 0 Å². The lowest BCUT2D eigenvalue weighted by Crippen LogP contribution is -2.37. The van der Waals surface area contributed by atoms with Gasteiger partial charge in [-0.2, -0.15) is 0 Å². The maximum Gasteiger partial charge on any atom is 0.332 e. The smallest absolute Gasteiger partial charge is 0.332 e. The SMILES string of the molecule is O=C(NCC[C@H](O)C(=O)O)NCc1ccc(Cl)s1. The Bertz CT molecular complexity index is 424. The molecule has 1 atom stereocenters. The first-order valence-electron chi connectivity index (χ1n) is 5.16. The average molecular weight is 293 g/mol. The summed E-state index contributed by atoms with van der Waals surface area (Å²) in [4.78, 5) is 22.5. The standard InChI is InChI=1S/C10H13ClN2O4S/c11-8-2-1-6(18-8)5-13-10(17)12-4-3-7(14)9(15)16/h1-2,7,14H,3-5H2,(H,15,16)(H2,12,13,17)/t7-/m0/s1. The van der Waals surface area contributed by atoms with E-state index >= 15 is 0 Å². The zero-order chi connectivity index (χ0) is 13.5. The number of carboxylic acid groups (broad SMARTS) is 1. The number of carbonyl (C=O) groups is 2. The Balaban J connectivity index is 2.16. The summed E-state index contributed by atoms with van der Waals surface area (Å²) in [5.41, 5.74) is 0. The van der Waals surface area contributed by atoms with Crippen molar-refractivity contribution < 1.29 is 19.8 Å². The molecule has 4 N–H and O–H groups in total. The summed E-state index contributed by atoms with van der Waals surface area (Å²) in [6.45, 7) is 0.440. The second-order valence-electron chi connectivity index (χ2n) is 3.46. The van der Waals surface area contributed by atoms with E-state index in [9.17, 15) is 9.59 Å². The normalized spacial score (nSPS) is 11.9. The van der Waals surface area contributed by atoms with Crippen LogP contribution in [0.4, 0.5) is 4.79 Å². The number of amides is 2. The molecule has 18 heavy (non-hydrogen) atoms. The van der Waals surface area contributed by atoms with Crippen LogP contribution in [0.1, 0.15) is 11.3 Å². The third-order valence-electron chi connectivity index (χ3n) is 2.04. The number of halogens is 1. The molecule has 0 bridgehead atoms. The number of carbonyl (C=O) groups excluding carboxylic acids is 1. The Hall–Kier alpha value is -1.31. The molecule has 0 spiro atoms. The van der Waals surface area contributed by atoms with E-state index in [0.717, 1.165) is 4.88 Å². The van der Waals surface area contributed by atoms with E-state index in [1.807, 2.05) is 6.07 Å². The molecular weight excluding hydrogens is 280 g/mol. The van der Waals surface area contributed by atoms with Crippen LogP contribution in [-0.2, 0) is 11.3 Å². The van der Waals surface area contributed by atoms with Crippen molar-refractivity contribution in [3.8, 4) is 0 Å². The van der Waals surface area contributed by atoms with Gasteiger partial charge >= 0.3 is 12.0 Å². The van der Waals surface area contributed by atoms with Gasteiger partial charge in [0.05, 0.1) is 10.9 Å². The van der Waals surface area contributed by atoms with Crippen molar-refractivity contribution in [1.29, 1.82) is 0 Å². The molecule has 100 valence electrons. The van der Waals surface area contributed by atoms with Gasteiger partial charge in [0, 0.05) is 17.8 Å². The van der Waals surface area contributed by atoms with E-state index in [1.54, 1.807) is 6.07 Å². The summed E-state index contributed by atoms with van der Waals surface area (Å²) in [6, 6.07) is 3.13. The van der Waals surface area contributed by atoms with Gasteiger partial charge in [-0.25, -0.2) is 9.59 Å². The van der Waals surface area contributed by atoms with Gasteiger partial charge in [-0.15, -0.1) is 11.3 Å². The van der Waals surface area contributed by atoms with Crippen molar-refractivity contribution in [2.45, 2.75) is 19.1 Å². The van der Waals surface area contributed by atoms with Gasteiger partial charge in [0.15, 0.2) is 6.10 Å². The van der Waals surface area contributed by atoms with Crippen molar-refractivity contribution in [2.24, 2.45) is 0 Å². The summed E-state index contributed by atoms with van der Waals surface area (Å²) in [5, 5.41) is 22.4. The minimum atomic E-state index is -1.46. The van der Waals surface area contributed by atoms with Crippen molar-refractivity contribution >= 4 is 34.9 Å². The molecule has 2 amide bonds. The molecular formula is C10H13ClN2O4S. The maximum absolute atomic E-state index is 11.3. The molecule has 8 heteroatoms. The van der Waals surface area contributed by atoms with Crippen LogP contribution in [-0.4, -0.2) is 34.9 Å². The highest BCUT2D eigenvalue weighted by atomic mass is 35.5. The largest absolute Gasteiger partial charge is 0.479 e. The van der Waals surface area contributed by atoms with Gasteiger partial charge < -0.3 is 20.8 Å². The molecule has 0 saturated carbocycles. The molecule has 1 aromatic rings.